The van der Waals surface area contributed by atoms with E-state index in [0.717, 1.165) is 10.6 Å². The van der Waals surface area contributed by atoms with Crippen molar-refractivity contribution in [2.75, 3.05) is 30.3 Å². The Morgan fingerprint density at radius 2 is 1.95 bits per heavy atom. The molecule has 0 aliphatic heterocycles. The van der Waals surface area contributed by atoms with Gasteiger partial charge in [0.15, 0.2) is 0 Å². The van der Waals surface area contributed by atoms with Gasteiger partial charge in [-0.2, -0.15) is 0 Å². The van der Waals surface area contributed by atoms with Crippen LogP contribution in [-0.2, 0) is 14.8 Å². The number of nitrogens with one attached hydrogen (secondary N) is 1. The molecule has 0 atom stereocenters. The maximum Gasteiger partial charge on any atom is 0.240 e. The minimum Gasteiger partial charge on any atom is -0.492 e. The van der Waals surface area contributed by atoms with Crippen LogP contribution in [-0.4, -0.2) is 40.3 Å². The van der Waals surface area contributed by atoms with Crippen LogP contribution in [0.4, 0.5) is 5.69 Å². The monoisotopic (exact) mass is 300 g/mol. The normalized spacial score (nSPS) is 10.9. The predicted molar refractivity (Wildman–Crippen MR) is 78.5 cm³/mol. The van der Waals surface area contributed by atoms with Crippen LogP contribution in [0.15, 0.2) is 24.3 Å². The molecule has 1 aromatic carbocycles. The van der Waals surface area contributed by atoms with Gasteiger partial charge in [-0.3, -0.25) is 9.10 Å². The number of rotatable bonds is 7. The van der Waals surface area contributed by atoms with Crippen LogP contribution in [0.25, 0.3) is 0 Å². The number of para-hydroxylation sites is 2. The van der Waals surface area contributed by atoms with Gasteiger partial charge in [-0.1, -0.05) is 12.1 Å². The molecule has 0 spiro atoms. The van der Waals surface area contributed by atoms with Crippen LogP contribution < -0.4 is 14.4 Å². The molecule has 1 aromatic rings. The minimum absolute atomic E-state index is 0.267. The summed E-state index contributed by atoms with van der Waals surface area (Å²) in [6.45, 7) is 4.18. The van der Waals surface area contributed by atoms with Gasteiger partial charge in [0.1, 0.15) is 12.3 Å². The lowest BCUT2D eigenvalue weighted by atomic mass is 10.3. The molecular weight excluding hydrogens is 280 g/mol. The van der Waals surface area contributed by atoms with Crippen LogP contribution in [0.3, 0.4) is 0 Å². The molecule has 0 bridgehead atoms. The van der Waals surface area contributed by atoms with Crippen molar-refractivity contribution in [3.8, 4) is 5.75 Å². The molecule has 0 fully saturated rings. The van der Waals surface area contributed by atoms with Gasteiger partial charge in [0, 0.05) is 6.54 Å². The van der Waals surface area contributed by atoms with Gasteiger partial charge in [-0.25, -0.2) is 8.42 Å². The van der Waals surface area contributed by atoms with Crippen molar-refractivity contribution in [1.82, 2.24) is 5.32 Å². The van der Waals surface area contributed by atoms with Crippen molar-refractivity contribution >= 4 is 21.6 Å². The number of likely N-dealkylation sites (N-methyl/N-ethyl adjacent to an activating group) is 1. The number of sulfonamides is 1. The number of carbonyl (C=O) groups excluding carboxylic acids is 1. The summed E-state index contributed by atoms with van der Waals surface area (Å²) in [5, 5.41) is 2.58. The van der Waals surface area contributed by atoms with E-state index >= 15 is 0 Å². The van der Waals surface area contributed by atoms with E-state index in [1.54, 1.807) is 31.2 Å². The van der Waals surface area contributed by atoms with Gasteiger partial charge >= 0.3 is 0 Å². The summed E-state index contributed by atoms with van der Waals surface area (Å²) in [6.07, 6.45) is 1.06. The molecule has 0 unspecified atom stereocenters. The van der Waals surface area contributed by atoms with Crippen LogP contribution >= 0.6 is 0 Å². The van der Waals surface area contributed by atoms with Crippen molar-refractivity contribution < 1.29 is 17.9 Å². The Morgan fingerprint density at radius 3 is 2.50 bits per heavy atom. The molecule has 1 N–H and O–H groups in total. The fraction of sp³-hybridized carbons (Fsp3) is 0.462. The summed E-state index contributed by atoms with van der Waals surface area (Å²) in [5.74, 6) is 0.0777. The van der Waals surface area contributed by atoms with E-state index in [-0.39, 0.29) is 12.5 Å². The van der Waals surface area contributed by atoms with Crippen molar-refractivity contribution in [3.63, 3.8) is 0 Å². The number of benzene rings is 1. The summed E-state index contributed by atoms with van der Waals surface area (Å²) in [5.41, 5.74) is 0.364. The van der Waals surface area contributed by atoms with Crippen LogP contribution in [0.2, 0.25) is 0 Å². The largest absolute Gasteiger partial charge is 0.492 e. The van der Waals surface area contributed by atoms with Crippen LogP contribution in [0.5, 0.6) is 5.75 Å². The van der Waals surface area contributed by atoms with E-state index in [4.69, 9.17) is 4.74 Å². The standard InChI is InChI=1S/C13H20N2O4S/c1-4-14-13(16)10-15(20(3,17)18)11-8-6-7-9-12(11)19-5-2/h6-9H,4-5,10H2,1-3H3,(H,14,16). The third-order valence-electron chi connectivity index (χ3n) is 2.50. The predicted octanol–water partition coefficient (Wildman–Crippen LogP) is 0.987. The first-order valence-electron chi connectivity index (χ1n) is 6.36. The lowest BCUT2D eigenvalue weighted by molar-refractivity contribution is -0.119. The molecule has 112 valence electrons. The summed E-state index contributed by atoms with van der Waals surface area (Å²) in [7, 11) is -3.58. The number of carbonyl (C=O) groups is 1. The van der Waals surface area contributed by atoms with E-state index in [1.807, 2.05) is 6.92 Å². The second-order valence-corrected chi connectivity index (χ2v) is 6.03. The first-order chi connectivity index (χ1) is 9.40. The fourth-order valence-corrected chi connectivity index (χ4v) is 2.57. The van der Waals surface area contributed by atoms with Crippen molar-refractivity contribution in [2.45, 2.75) is 13.8 Å². The lowest BCUT2D eigenvalue weighted by Gasteiger charge is -2.23. The van der Waals surface area contributed by atoms with Crippen molar-refractivity contribution in [3.05, 3.63) is 24.3 Å². The molecule has 20 heavy (non-hydrogen) atoms. The Balaban J connectivity index is 3.15. The van der Waals surface area contributed by atoms with Gasteiger partial charge in [-0.15, -0.1) is 0 Å². The number of nitrogens with zero attached hydrogens (tertiary/aromatic N) is 1. The highest BCUT2D eigenvalue weighted by Gasteiger charge is 2.23. The third kappa shape index (κ3) is 4.41. The van der Waals surface area contributed by atoms with Crippen LogP contribution in [0, 0.1) is 0 Å². The van der Waals surface area contributed by atoms with Gasteiger partial charge in [0.05, 0.1) is 18.6 Å². The van der Waals surface area contributed by atoms with E-state index < -0.39 is 10.0 Å². The molecule has 0 heterocycles. The molecule has 1 amide bonds. The Morgan fingerprint density at radius 1 is 1.30 bits per heavy atom. The molecule has 6 nitrogen and oxygen atoms in total. The number of hydrogen-bond donors (Lipinski definition) is 1. The Bertz CT molecular complexity index is 557. The first kappa shape index (κ1) is 16.3. The number of anilines is 1. The molecule has 0 aliphatic rings. The molecule has 0 aromatic heterocycles. The molecule has 0 saturated heterocycles. The third-order valence-corrected chi connectivity index (χ3v) is 3.62. The second-order valence-electron chi connectivity index (χ2n) is 4.12. The quantitative estimate of drug-likeness (QED) is 0.814. The molecule has 0 radical (unpaired) electrons. The zero-order valence-electron chi connectivity index (χ0n) is 11.9. The summed E-state index contributed by atoms with van der Waals surface area (Å²) in [4.78, 5) is 11.7. The highest BCUT2D eigenvalue weighted by Crippen LogP contribution is 2.29. The maximum atomic E-state index is 11.9. The Kier molecular flexibility index (Phi) is 5.82. The number of hydrogen-bond acceptors (Lipinski definition) is 4. The lowest BCUT2D eigenvalue weighted by Crippen LogP contribution is -2.40. The van der Waals surface area contributed by atoms with E-state index in [0.29, 0.717) is 24.6 Å². The maximum absolute atomic E-state index is 11.9. The van der Waals surface area contributed by atoms with E-state index in [1.165, 1.54) is 0 Å². The molecule has 7 heteroatoms. The molecule has 1 rings (SSSR count). The molecule has 0 saturated carbocycles. The van der Waals surface area contributed by atoms with Crippen molar-refractivity contribution in [2.24, 2.45) is 0 Å². The molecule has 0 aliphatic carbocycles. The molecular formula is C13H20N2O4S. The van der Waals surface area contributed by atoms with Crippen molar-refractivity contribution in [1.29, 1.82) is 0 Å². The topological polar surface area (TPSA) is 75.7 Å². The SMILES string of the molecule is CCNC(=O)CN(c1ccccc1OCC)S(C)(=O)=O. The minimum atomic E-state index is -3.58. The summed E-state index contributed by atoms with van der Waals surface area (Å²) >= 11 is 0. The van der Waals surface area contributed by atoms with Gasteiger partial charge in [0.25, 0.3) is 0 Å². The van der Waals surface area contributed by atoms with E-state index in [9.17, 15) is 13.2 Å². The zero-order valence-corrected chi connectivity index (χ0v) is 12.7. The van der Waals surface area contributed by atoms with Gasteiger partial charge in [0.2, 0.25) is 15.9 Å². The first-order valence-corrected chi connectivity index (χ1v) is 8.21. The zero-order chi connectivity index (χ0) is 15.2. The van der Waals surface area contributed by atoms with Crippen LogP contribution in [0.1, 0.15) is 13.8 Å². The fourth-order valence-electron chi connectivity index (χ4n) is 1.71. The Labute approximate surface area is 119 Å². The highest BCUT2D eigenvalue weighted by molar-refractivity contribution is 7.92. The average Bonchev–Trinajstić information content (AvgIpc) is 2.36. The smallest absolute Gasteiger partial charge is 0.240 e. The summed E-state index contributed by atoms with van der Waals surface area (Å²) in [6, 6.07) is 6.74. The summed E-state index contributed by atoms with van der Waals surface area (Å²) < 4.78 is 30.3. The average molecular weight is 300 g/mol. The Hall–Kier alpha value is -1.76. The van der Waals surface area contributed by atoms with Gasteiger partial charge in [-0.05, 0) is 26.0 Å². The van der Waals surface area contributed by atoms with E-state index in [2.05, 4.69) is 5.32 Å². The highest BCUT2D eigenvalue weighted by atomic mass is 32.2. The number of amides is 1. The van der Waals surface area contributed by atoms with Gasteiger partial charge < -0.3 is 10.1 Å². The second kappa shape index (κ2) is 7.14. The number of ether oxygens (including phenoxy) is 1.